The number of ether oxygens (including phenoxy) is 1. The smallest absolute Gasteiger partial charge is 0.273 e. The molecule has 1 heterocycles. The lowest BCUT2D eigenvalue weighted by Gasteiger charge is -2.18. The highest BCUT2D eigenvalue weighted by Crippen LogP contribution is 2.25. The molecule has 0 saturated heterocycles. The van der Waals surface area contributed by atoms with Crippen LogP contribution in [0.3, 0.4) is 0 Å². The molecule has 1 aliphatic rings. The standard InChI is InChI=1S/C17H23N5O2.ClH/c1-11-16(17(23)19-15-5-3-4-12(15)10-18)20-21-22(11)13-6-8-14(24-2)9-7-13;/h6-9,12,15H,3-5,10,18H2,1-2H3,(H,19,23);1H. The summed E-state index contributed by atoms with van der Waals surface area (Å²) in [4.78, 5) is 12.5. The van der Waals surface area contributed by atoms with E-state index in [1.807, 2.05) is 31.2 Å². The molecular formula is C17H24ClN5O2. The lowest BCUT2D eigenvalue weighted by molar-refractivity contribution is 0.0923. The van der Waals surface area contributed by atoms with Gasteiger partial charge in [-0.1, -0.05) is 11.6 Å². The van der Waals surface area contributed by atoms with Crippen LogP contribution in [-0.4, -0.2) is 40.6 Å². The molecule has 1 fully saturated rings. The molecule has 7 nitrogen and oxygen atoms in total. The topological polar surface area (TPSA) is 95.1 Å². The molecule has 8 heteroatoms. The van der Waals surface area contributed by atoms with Crippen LogP contribution in [0.15, 0.2) is 24.3 Å². The van der Waals surface area contributed by atoms with Crippen molar-refractivity contribution in [2.45, 2.75) is 32.2 Å². The van der Waals surface area contributed by atoms with Gasteiger partial charge in [-0.3, -0.25) is 4.79 Å². The highest BCUT2D eigenvalue weighted by atomic mass is 35.5. The zero-order chi connectivity index (χ0) is 17.1. The number of rotatable bonds is 5. The number of aromatic nitrogens is 3. The number of nitrogens with one attached hydrogen (secondary N) is 1. The molecule has 3 rings (SSSR count). The molecule has 2 atom stereocenters. The largest absolute Gasteiger partial charge is 0.497 e. The molecule has 1 saturated carbocycles. The maximum Gasteiger partial charge on any atom is 0.273 e. The molecule has 0 radical (unpaired) electrons. The fraction of sp³-hybridized carbons (Fsp3) is 0.471. The maximum atomic E-state index is 12.5. The Morgan fingerprint density at radius 1 is 1.36 bits per heavy atom. The number of nitrogens with zero attached hydrogens (tertiary/aromatic N) is 3. The van der Waals surface area contributed by atoms with Crippen LogP contribution in [0.25, 0.3) is 5.69 Å². The van der Waals surface area contributed by atoms with Gasteiger partial charge in [0.15, 0.2) is 5.69 Å². The van der Waals surface area contributed by atoms with E-state index in [4.69, 9.17) is 10.5 Å². The summed E-state index contributed by atoms with van der Waals surface area (Å²) in [5.74, 6) is 0.937. The van der Waals surface area contributed by atoms with Crippen molar-refractivity contribution in [1.29, 1.82) is 0 Å². The molecule has 1 aromatic heterocycles. The minimum absolute atomic E-state index is 0. The highest BCUT2D eigenvalue weighted by molar-refractivity contribution is 5.93. The SMILES string of the molecule is COc1ccc(-n2nnc(C(=O)NC3CCCC3CN)c2C)cc1.Cl. The van der Waals surface area contributed by atoms with Crippen molar-refractivity contribution in [1.82, 2.24) is 20.3 Å². The number of hydrogen-bond donors (Lipinski definition) is 2. The number of halogens is 1. The Kier molecular flexibility index (Phi) is 6.39. The first kappa shape index (κ1) is 19.2. The van der Waals surface area contributed by atoms with Gasteiger partial charge in [-0.05, 0) is 56.5 Å². The lowest BCUT2D eigenvalue weighted by atomic mass is 10.0. The van der Waals surface area contributed by atoms with Crippen LogP contribution >= 0.6 is 12.4 Å². The Balaban J connectivity index is 0.00000225. The summed E-state index contributed by atoms with van der Waals surface area (Å²) in [6.45, 7) is 2.44. The summed E-state index contributed by atoms with van der Waals surface area (Å²) in [6.07, 6.45) is 3.14. The molecule has 3 N–H and O–H groups in total. The van der Waals surface area contributed by atoms with Crippen LogP contribution in [-0.2, 0) is 0 Å². The maximum absolute atomic E-state index is 12.5. The van der Waals surface area contributed by atoms with Crippen molar-refractivity contribution in [3.05, 3.63) is 35.7 Å². The average molecular weight is 366 g/mol. The van der Waals surface area contributed by atoms with E-state index in [0.717, 1.165) is 30.7 Å². The van der Waals surface area contributed by atoms with Gasteiger partial charge in [0.2, 0.25) is 0 Å². The minimum Gasteiger partial charge on any atom is -0.497 e. The fourth-order valence-corrected chi connectivity index (χ4v) is 3.25. The summed E-state index contributed by atoms with van der Waals surface area (Å²) >= 11 is 0. The van der Waals surface area contributed by atoms with Gasteiger partial charge in [-0.25, -0.2) is 4.68 Å². The van der Waals surface area contributed by atoms with Gasteiger partial charge in [0.05, 0.1) is 18.5 Å². The average Bonchev–Trinajstić information content (AvgIpc) is 3.21. The van der Waals surface area contributed by atoms with E-state index >= 15 is 0 Å². The summed E-state index contributed by atoms with van der Waals surface area (Å²) in [6, 6.07) is 7.59. The number of benzene rings is 1. The molecule has 0 aliphatic heterocycles. The minimum atomic E-state index is -0.183. The molecule has 1 amide bonds. The van der Waals surface area contributed by atoms with E-state index in [-0.39, 0.29) is 24.4 Å². The monoisotopic (exact) mass is 365 g/mol. The zero-order valence-electron chi connectivity index (χ0n) is 14.4. The number of carbonyl (C=O) groups is 1. The Morgan fingerprint density at radius 2 is 2.08 bits per heavy atom. The fourth-order valence-electron chi connectivity index (χ4n) is 3.25. The van der Waals surface area contributed by atoms with Gasteiger partial charge in [0.1, 0.15) is 5.75 Å². The first-order chi connectivity index (χ1) is 11.6. The molecule has 1 aliphatic carbocycles. The predicted molar refractivity (Wildman–Crippen MR) is 97.5 cm³/mol. The van der Waals surface area contributed by atoms with Crippen molar-refractivity contribution >= 4 is 18.3 Å². The number of nitrogens with two attached hydrogens (primary N) is 1. The first-order valence-electron chi connectivity index (χ1n) is 8.21. The van der Waals surface area contributed by atoms with E-state index in [2.05, 4.69) is 15.6 Å². The Hall–Kier alpha value is -2.12. The van der Waals surface area contributed by atoms with E-state index in [1.54, 1.807) is 11.8 Å². The van der Waals surface area contributed by atoms with Crippen molar-refractivity contribution < 1.29 is 9.53 Å². The van der Waals surface area contributed by atoms with Crippen molar-refractivity contribution in [3.63, 3.8) is 0 Å². The van der Waals surface area contributed by atoms with E-state index < -0.39 is 0 Å². The third-order valence-electron chi connectivity index (χ3n) is 4.70. The quantitative estimate of drug-likeness (QED) is 0.843. The normalized spacial score (nSPS) is 19.3. The number of carbonyl (C=O) groups excluding carboxylic acids is 1. The van der Waals surface area contributed by atoms with Crippen LogP contribution in [0, 0.1) is 12.8 Å². The van der Waals surface area contributed by atoms with Gasteiger partial charge < -0.3 is 15.8 Å². The van der Waals surface area contributed by atoms with Crippen LogP contribution < -0.4 is 15.8 Å². The number of methoxy groups -OCH3 is 1. The zero-order valence-corrected chi connectivity index (χ0v) is 15.3. The van der Waals surface area contributed by atoms with E-state index in [9.17, 15) is 4.79 Å². The predicted octanol–water partition coefficient (Wildman–Crippen LogP) is 1.86. The third-order valence-corrected chi connectivity index (χ3v) is 4.70. The highest BCUT2D eigenvalue weighted by Gasteiger charge is 2.29. The number of amides is 1. The molecule has 136 valence electrons. The van der Waals surface area contributed by atoms with Gasteiger partial charge in [-0.2, -0.15) is 0 Å². The van der Waals surface area contributed by atoms with Gasteiger partial charge >= 0.3 is 0 Å². The molecule has 1 aromatic carbocycles. The lowest BCUT2D eigenvalue weighted by Crippen LogP contribution is -2.40. The second kappa shape index (κ2) is 8.31. The summed E-state index contributed by atoms with van der Waals surface area (Å²) in [7, 11) is 1.62. The Bertz CT molecular complexity index is 716. The second-order valence-corrected chi connectivity index (χ2v) is 6.14. The molecular weight excluding hydrogens is 342 g/mol. The van der Waals surface area contributed by atoms with Crippen LogP contribution in [0.5, 0.6) is 5.75 Å². The van der Waals surface area contributed by atoms with Crippen LogP contribution in [0.1, 0.15) is 35.4 Å². The van der Waals surface area contributed by atoms with Crippen LogP contribution in [0.4, 0.5) is 0 Å². The molecule has 2 aromatic rings. The van der Waals surface area contributed by atoms with E-state index in [0.29, 0.717) is 23.9 Å². The van der Waals surface area contributed by atoms with Crippen molar-refractivity contribution in [2.24, 2.45) is 11.7 Å². The van der Waals surface area contributed by atoms with Crippen molar-refractivity contribution in [2.75, 3.05) is 13.7 Å². The second-order valence-electron chi connectivity index (χ2n) is 6.14. The third kappa shape index (κ3) is 3.93. The van der Waals surface area contributed by atoms with Crippen molar-refractivity contribution in [3.8, 4) is 11.4 Å². The Morgan fingerprint density at radius 3 is 2.72 bits per heavy atom. The van der Waals surface area contributed by atoms with Crippen LogP contribution in [0.2, 0.25) is 0 Å². The molecule has 2 unspecified atom stereocenters. The van der Waals surface area contributed by atoms with Gasteiger partial charge in [0, 0.05) is 6.04 Å². The first-order valence-corrected chi connectivity index (χ1v) is 8.21. The summed E-state index contributed by atoms with van der Waals surface area (Å²) in [5.41, 5.74) is 7.68. The van der Waals surface area contributed by atoms with E-state index in [1.165, 1.54) is 0 Å². The summed E-state index contributed by atoms with van der Waals surface area (Å²) < 4.78 is 6.81. The summed E-state index contributed by atoms with van der Waals surface area (Å²) in [5, 5.41) is 11.2. The van der Waals surface area contributed by atoms with Gasteiger partial charge in [0.25, 0.3) is 5.91 Å². The number of hydrogen-bond acceptors (Lipinski definition) is 5. The Labute approximate surface area is 153 Å². The molecule has 0 bridgehead atoms. The molecule has 0 spiro atoms. The molecule has 25 heavy (non-hydrogen) atoms. The van der Waals surface area contributed by atoms with Gasteiger partial charge in [-0.15, -0.1) is 17.5 Å².